The van der Waals surface area contributed by atoms with Crippen molar-refractivity contribution >= 4 is 40.9 Å². The Morgan fingerprint density at radius 3 is 2.54 bits per heavy atom. The van der Waals surface area contributed by atoms with Crippen LogP contribution in [-0.2, 0) is 4.79 Å². The highest BCUT2D eigenvalue weighted by atomic mass is 35.5. The number of nitrogens with one attached hydrogen (secondary N) is 1. The predicted octanol–water partition coefficient (Wildman–Crippen LogP) is 3.53. The number of aliphatic imine (C=N–C) groups is 1. The van der Waals surface area contributed by atoms with Crippen molar-refractivity contribution in [3.63, 3.8) is 0 Å². The summed E-state index contributed by atoms with van der Waals surface area (Å²) in [6, 6.07) is 10.8. The van der Waals surface area contributed by atoms with Gasteiger partial charge in [0.2, 0.25) is 0 Å². The van der Waals surface area contributed by atoms with Crippen LogP contribution in [0.5, 0.6) is 11.5 Å². The lowest BCUT2D eigenvalue weighted by molar-refractivity contribution is -0.136. The Kier molecular flexibility index (Phi) is 6.33. The first-order valence-corrected chi connectivity index (χ1v) is 9.73. The van der Waals surface area contributed by atoms with Gasteiger partial charge in [-0.15, -0.1) is 11.8 Å². The number of nitrogens with two attached hydrogens (primary N) is 1. The van der Waals surface area contributed by atoms with E-state index in [4.69, 9.17) is 26.9 Å². The third kappa shape index (κ3) is 4.04. The first-order valence-electron chi connectivity index (χ1n) is 8.41. The highest BCUT2D eigenvalue weighted by molar-refractivity contribution is 8.01. The molecule has 2 atom stereocenters. The Bertz CT molecular complexity index is 900. The van der Waals surface area contributed by atoms with Crippen LogP contribution in [0.4, 0.5) is 5.69 Å². The maximum Gasteiger partial charge on any atom is 0.304 e. The van der Waals surface area contributed by atoms with Gasteiger partial charge in [-0.1, -0.05) is 17.7 Å². The van der Waals surface area contributed by atoms with Crippen molar-refractivity contribution in [3.8, 4) is 11.5 Å². The van der Waals surface area contributed by atoms with E-state index < -0.39 is 11.2 Å². The molecule has 0 aliphatic carbocycles. The van der Waals surface area contributed by atoms with Crippen molar-refractivity contribution in [2.24, 2.45) is 10.8 Å². The number of amidine groups is 1. The number of nitrogens with zero attached hydrogens (tertiary/aromatic N) is 1. The average Bonchev–Trinajstić information content (AvgIpc) is 2.83. The van der Waals surface area contributed by atoms with E-state index >= 15 is 0 Å². The van der Waals surface area contributed by atoms with Crippen LogP contribution in [0.3, 0.4) is 0 Å². The molecule has 0 radical (unpaired) electrons. The van der Waals surface area contributed by atoms with Gasteiger partial charge in [0.15, 0.2) is 0 Å². The average molecular weight is 422 g/mol. The van der Waals surface area contributed by atoms with E-state index in [1.165, 1.54) is 11.8 Å². The molecule has 148 valence electrons. The van der Waals surface area contributed by atoms with Gasteiger partial charge in [0.25, 0.3) is 0 Å². The summed E-state index contributed by atoms with van der Waals surface area (Å²) in [6.07, 6.45) is -0.149. The van der Waals surface area contributed by atoms with Crippen molar-refractivity contribution in [1.29, 1.82) is 0 Å². The number of hydrazine groups is 1. The molecular formula is C19H20ClN3O4S. The van der Waals surface area contributed by atoms with Crippen LogP contribution in [0.2, 0.25) is 5.02 Å². The van der Waals surface area contributed by atoms with Gasteiger partial charge in [-0.25, -0.2) is 10.8 Å². The molecule has 3 rings (SSSR count). The Morgan fingerprint density at radius 2 is 1.96 bits per heavy atom. The second kappa shape index (κ2) is 8.72. The van der Waals surface area contributed by atoms with E-state index in [2.05, 4.69) is 10.4 Å². The second-order valence-electron chi connectivity index (χ2n) is 6.02. The van der Waals surface area contributed by atoms with Crippen LogP contribution < -0.4 is 20.7 Å². The number of hydrogen-bond acceptors (Lipinski definition) is 7. The summed E-state index contributed by atoms with van der Waals surface area (Å²) in [5, 5.41) is 9.09. The molecule has 0 bridgehead atoms. The highest BCUT2D eigenvalue weighted by Crippen LogP contribution is 2.51. The second-order valence-corrected chi connectivity index (χ2v) is 7.77. The molecule has 2 unspecified atom stereocenters. The third-order valence-corrected chi connectivity index (χ3v) is 6.07. The lowest BCUT2D eigenvalue weighted by atomic mass is 10.0. The van der Waals surface area contributed by atoms with E-state index in [9.17, 15) is 9.90 Å². The molecule has 1 aliphatic rings. The fourth-order valence-electron chi connectivity index (χ4n) is 3.13. The van der Waals surface area contributed by atoms with E-state index in [0.29, 0.717) is 28.0 Å². The molecule has 2 aromatic rings. The van der Waals surface area contributed by atoms with Crippen molar-refractivity contribution in [1.82, 2.24) is 5.43 Å². The smallest absolute Gasteiger partial charge is 0.304 e. The minimum Gasteiger partial charge on any atom is -0.496 e. The van der Waals surface area contributed by atoms with Crippen LogP contribution in [-0.4, -0.2) is 36.4 Å². The van der Waals surface area contributed by atoms with Crippen molar-refractivity contribution in [2.75, 3.05) is 14.2 Å². The Morgan fingerprint density at radius 1 is 1.29 bits per heavy atom. The van der Waals surface area contributed by atoms with E-state index in [1.807, 2.05) is 24.3 Å². The molecular weight excluding hydrogens is 402 g/mol. The number of halogens is 1. The van der Waals surface area contributed by atoms with Gasteiger partial charge in [-0.2, -0.15) is 0 Å². The van der Waals surface area contributed by atoms with E-state index in [0.717, 1.165) is 11.1 Å². The fourth-order valence-corrected chi connectivity index (χ4v) is 4.83. The summed E-state index contributed by atoms with van der Waals surface area (Å²) in [7, 11) is 3.16. The quantitative estimate of drug-likeness (QED) is 0.500. The number of methoxy groups -OCH3 is 2. The molecule has 0 spiro atoms. The number of hydrogen-bond donors (Lipinski definition) is 3. The van der Waals surface area contributed by atoms with Crippen molar-refractivity contribution in [2.45, 2.75) is 16.9 Å². The Labute approximate surface area is 171 Å². The largest absolute Gasteiger partial charge is 0.496 e. The number of carboxylic acids is 1. The van der Waals surface area contributed by atoms with Crippen molar-refractivity contribution < 1.29 is 19.4 Å². The molecule has 0 saturated heterocycles. The topological polar surface area (TPSA) is 106 Å². The van der Waals surface area contributed by atoms with Gasteiger partial charge >= 0.3 is 5.97 Å². The summed E-state index contributed by atoms with van der Waals surface area (Å²) in [5.41, 5.74) is 4.81. The summed E-state index contributed by atoms with van der Waals surface area (Å²) in [6.45, 7) is 0. The van der Waals surface area contributed by atoms with E-state index in [1.54, 1.807) is 26.4 Å². The van der Waals surface area contributed by atoms with Gasteiger partial charge in [-0.05, 0) is 35.9 Å². The zero-order valence-electron chi connectivity index (χ0n) is 15.3. The first-order chi connectivity index (χ1) is 13.5. The lowest BCUT2D eigenvalue weighted by Crippen LogP contribution is -2.38. The maximum absolute atomic E-state index is 11.5. The molecule has 0 amide bonds. The SMILES string of the molecule is COc1cccc(OC)c1C1SC(CC(=O)O)C(NN)=Nc2ccc(Cl)cc21. The molecule has 4 N–H and O–H groups in total. The normalized spacial score (nSPS) is 18.5. The lowest BCUT2D eigenvalue weighted by Gasteiger charge is -2.25. The van der Waals surface area contributed by atoms with Gasteiger partial charge in [0.1, 0.15) is 17.3 Å². The molecule has 28 heavy (non-hydrogen) atoms. The van der Waals surface area contributed by atoms with Crippen LogP contribution in [0.15, 0.2) is 41.4 Å². The summed E-state index contributed by atoms with van der Waals surface area (Å²) >= 11 is 7.67. The molecule has 0 saturated carbocycles. The zero-order chi connectivity index (χ0) is 20.3. The monoisotopic (exact) mass is 421 g/mol. The maximum atomic E-state index is 11.5. The number of ether oxygens (including phenoxy) is 2. The Balaban J connectivity index is 2.24. The fraction of sp³-hybridized carbons (Fsp3) is 0.263. The third-order valence-electron chi connectivity index (χ3n) is 4.35. The van der Waals surface area contributed by atoms with Gasteiger partial charge in [0, 0.05) is 5.02 Å². The molecule has 1 aliphatic heterocycles. The summed E-state index contributed by atoms with van der Waals surface area (Å²) < 4.78 is 11.2. The number of aliphatic carboxylic acids is 1. The molecule has 9 heteroatoms. The molecule has 7 nitrogen and oxygen atoms in total. The number of rotatable bonds is 5. The summed E-state index contributed by atoms with van der Waals surface area (Å²) in [5.74, 6) is 6.34. The van der Waals surface area contributed by atoms with Crippen LogP contribution in [0.25, 0.3) is 0 Å². The number of carboxylic acid groups (broad SMARTS) is 1. The minimum absolute atomic E-state index is 0.149. The Hall–Kier alpha value is -2.42. The van der Waals surface area contributed by atoms with Crippen molar-refractivity contribution in [3.05, 3.63) is 52.5 Å². The standard InChI is InChI=1S/C19H20ClN3O4S/c1-26-13-4-3-5-14(27-2)17(13)18-11-8-10(20)6-7-12(11)22-19(23-21)15(28-18)9-16(24)25/h3-8,15,18H,9,21H2,1-2H3,(H,22,23)(H,24,25). The first kappa shape index (κ1) is 20.3. The molecule has 2 aromatic carbocycles. The van der Waals surface area contributed by atoms with Crippen LogP contribution >= 0.6 is 23.4 Å². The summed E-state index contributed by atoms with van der Waals surface area (Å²) in [4.78, 5) is 16.0. The van der Waals surface area contributed by atoms with Crippen LogP contribution in [0.1, 0.15) is 22.8 Å². The number of thioether (sulfide) groups is 1. The van der Waals surface area contributed by atoms with Gasteiger partial charge < -0.3 is 20.0 Å². The molecule has 0 aromatic heterocycles. The minimum atomic E-state index is -0.949. The number of benzene rings is 2. The van der Waals surface area contributed by atoms with Gasteiger partial charge in [-0.3, -0.25) is 4.79 Å². The highest BCUT2D eigenvalue weighted by Gasteiger charge is 2.34. The van der Waals surface area contributed by atoms with Crippen LogP contribution in [0, 0.1) is 0 Å². The van der Waals surface area contributed by atoms with Gasteiger partial charge in [0.05, 0.1) is 42.4 Å². The molecule has 1 heterocycles. The number of carbonyl (C=O) groups is 1. The molecule has 0 fully saturated rings. The predicted molar refractivity (Wildman–Crippen MR) is 111 cm³/mol. The number of fused-ring (bicyclic) bond motifs is 1. The van der Waals surface area contributed by atoms with E-state index in [-0.39, 0.29) is 11.7 Å². The zero-order valence-corrected chi connectivity index (χ0v) is 16.9.